The number of nitrogens with zero attached hydrogens (tertiary/aromatic N) is 3. The second kappa shape index (κ2) is 8.62. The van der Waals surface area contributed by atoms with Gasteiger partial charge in [-0.2, -0.15) is 0 Å². The Balaban J connectivity index is 1.62. The molecule has 0 bridgehead atoms. The van der Waals surface area contributed by atoms with Gasteiger partial charge in [0.15, 0.2) is 5.65 Å². The molecule has 4 rings (SSSR count). The SMILES string of the molecule is Cc1ccnc(NC(=O)c2ccc(C)c(C#Cc3cnc4c(NC(N)=O)cccn34)c2)c1. The van der Waals surface area contributed by atoms with Crippen molar-refractivity contribution in [2.45, 2.75) is 13.8 Å². The number of carbonyl (C=O) groups is 2. The van der Waals surface area contributed by atoms with Crippen LogP contribution in [0.2, 0.25) is 0 Å². The van der Waals surface area contributed by atoms with Crippen LogP contribution in [0.1, 0.15) is 32.7 Å². The van der Waals surface area contributed by atoms with E-state index >= 15 is 0 Å². The molecule has 0 radical (unpaired) electrons. The summed E-state index contributed by atoms with van der Waals surface area (Å²) in [5.41, 5.74) is 10.0. The molecule has 32 heavy (non-hydrogen) atoms. The van der Waals surface area contributed by atoms with Crippen molar-refractivity contribution in [3.05, 3.63) is 89.0 Å². The van der Waals surface area contributed by atoms with Crippen molar-refractivity contribution >= 4 is 29.1 Å². The van der Waals surface area contributed by atoms with Gasteiger partial charge in [-0.3, -0.25) is 9.20 Å². The van der Waals surface area contributed by atoms with Gasteiger partial charge in [0.05, 0.1) is 11.9 Å². The standard InChI is InChI=1S/C24H20N6O2/c1-15-9-10-26-21(12-15)29-23(31)18-6-5-16(2)17(13-18)7-8-19-14-27-22-20(28-24(25)32)4-3-11-30(19)22/h3-6,9-14H,1-2H3,(H3,25,28,32)(H,26,29,31). The van der Waals surface area contributed by atoms with Gasteiger partial charge in [0.2, 0.25) is 0 Å². The number of imidazole rings is 1. The minimum Gasteiger partial charge on any atom is -0.351 e. The van der Waals surface area contributed by atoms with Crippen LogP contribution < -0.4 is 16.4 Å². The first-order valence-corrected chi connectivity index (χ1v) is 9.80. The minimum absolute atomic E-state index is 0.261. The van der Waals surface area contributed by atoms with E-state index in [9.17, 15) is 9.59 Å². The Morgan fingerprint density at radius 2 is 1.88 bits per heavy atom. The number of benzene rings is 1. The topological polar surface area (TPSA) is 114 Å². The largest absolute Gasteiger partial charge is 0.351 e. The van der Waals surface area contributed by atoms with Crippen LogP contribution in [0.3, 0.4) is 0 Å². The molecular formula is C24H20N6O2. The van der Waals surface area contributed by atoms with E-state index in [1.54, 1.807) is 53.3 Å². The number of nitrogens with one attached hydrogen (secondary N) is 2. The summed E-state index contributed by atoms with van der Waals surface area (Å²) in [7, 11) is 0. The summed E-state index contributed by atoms with van der Waals surface area (Å²) in [6.07, 6.45) is 5.06. The molecule has 0 aliphatic rings. The number of anilines is 2. The van der Waals surface area contributed by atoms with Crippen molar-refractivity contribution in [1.82, 2.24) is 14.4 Å². The summed E-state index contributed by atoms with van der Waals surface area (Å²) in [5.74, 6) is 6.44. The molecule has 8 nitrogen and oxygen atoms in total. The average molecular weight is 424 g/mol. The maximum Gasteiger partial charge on any atom is 0.316 e. The monoisotopic (exact) mass is 424 g/mol. The molecule has 3 amide bonds. The first kappa shape index (κ1) is 20.6. The van der Waals surface area contributed by atoms with E-state index < -0.39 is 6.03 Å². The number of aryl methyl sites for hydroxylation is 2. The summed E-state index contributed by atoms with van der Waals surface area (Å²) in [6.45, 7) is 3.86. The average Bonchev–Trinajstić information content (AvgIpc) is 3.17. The molecule has 158 valence electrons. The van der Waals surface area contributed by atoms with Crippen LogP contribution in [0, 0.1) is 25.7 Å². The third-order valence-electron chi connectivity index (χ3n) is 4.78. The summed E-state index contributed by atoms with van der Waals surface area (Å²) < 4.78 is 1.76. The van der Waals surface area contributed by atoms with E-state index in [1.165, 1.54) is 0 Å². The lowest BCUT2D eigenvalue weighted by Gasteiger charge is -2.07. The third kappa shape index (κ3) is 4.42. The smallest absolute Gasteiger partial charge is 0.316 e. The lowest BCUT2D eigenvalue weighted by Crippen LogP contribution is -2.19. The van der Waals surface area contributed by atoms with Crippen molar-refractivity contribution in [3.63, 3.8) is 0 Å². The molecule has 4 aromatic rings. The van der Waals surface area contributed by atoms with Gasteiger partial charge in [0, 0.05) is 23.5 Å². The first-order chi connectivity index (χ1) is 15.4. The number of hydrogen-bond acceptors (Lipinski definition) is 4. The van der Waals surface area contributed by atoms with Crippen LogP contribution in [-0.2, 0) is 0 Å². The second-order valence-corrected chi connectivity index (χ2v) is 7.20. The minimum atomic E-state index is -0.666. The van der Waals surface area contributed by atoms with Crippen molar-refractivity contribution in [1.29, 1.82) is 0 Å². The number of pyridine rings is 2. The Kier molecular flexibility index (Phi) is 5.55. The zero-order valence-electron chi connectivity index (χ0n) is 17.5. The Labute approximate surface area is 184 Å². The maximum atomic E-state index is 12.7. The highest BCUT2D eigenvalue weighted by molar-refractivity contribution is 6.04. The molecule has 4 N–H and O–H groups in total. The van der Waals surface area contributed by atoms with Gasteiger partial charge in [-0.1, -0.05) is 12.0 Å². The lowest BCUT2D eigenvalue weighted by atomic mass is 10.0. The van der Waals surface area contributed by atoms with Crippen LogP contribution in [0.5, 0.6) is 0 Å². The molecular weight excluding hydrogens is 404 g/mol. The number of nitrogens with two attached hydrogens (primary N) is 1. The fourth-order valence-corrected chi connectivity index (χ4v) is 3.16. The van der Waals surface area contributed by atoms with Crippen molar-refractivity contribution in [2.24, 2.45) is 5.73 Å². The molecule has 0 saturated carbocycles. The van der Waals surface area contributed by atoms with Crippen LogP contribution in [0.4, 0.5) is 16.3 Å². The molecule has 0 aliphatic carbocycles. The van der Waals surface area contributed by atoms with Crippen molar-refractivity contribution < 1.29 is 9.59 Å². The van der Waals surface area contributed by atoms with Crippen molar-refractivity contribution in [2.75, 3.05) is 10.6 Å². The molecule has 8 heteroatoms. The molecule has 0 atom stereocenters. The van der Waals surface area contributed by atoms with Crippen LogP contribution in [0.25, 0.3) is 5.65 Å². The van der Waals surface area contributed by atoms with Gasteiger partial charge < -0.3 is 16.4 Å². The number of fused-ring (bicyclic) bond motifs is 1. The van der Waals surface area contributed by atoms with Crippen LogP contribution in [-0.4, -0.2) is 26.3 Å². The van der Waals surface area contributed by atoms with E-state index in [-0.39, 0.29) is 5.91 Å². The number of hydrogen-bond donors (Lipinski definition) is 3. The summed E-state index contributed by atoms with van der Waals surface area (Å²) in [5, 5.41) is 5.35. The predicted molar refractivity (Wildman–Crippen MR) is 122 cm³/mol. The highest BCUT2D eigenvalue weighted by Crippen LogP contribution is 2.17. The first-order valence-electron chi connectivity index (χ1n) is 9.80. The number of amides is 3. The Morgan fingerprint density at radius 3 is 2.66 bits per heavy atom. The lowest BCUT2D eigenvalue weighted by molar-refractivity contribution is 0.102. The summed E-state index contributed by atoms with van der Waals surface area (Å²) in [6, 6.07) is 11.8. The maximum absolute atomic E-state index is 12.7. The number of rotatable bonds is 3. The molecule has 3 heterocycles. The molecule has 0 aliphatic heterocycles. The van der Waals surface area contributed by atoms with E-state index in [1.807, 2.05) is 26.0 Å². The summed E-state index contributed by atoms with van der Waals surface area (Å²) >= 11 is 0. The molecule has 0 saturated heterocycles. The normalized spacial score (nSPS) is 10.3. The molecule has 3 aromatic heterocycles. The number of aromatic nitrogens is 3. The quantitative estimate of drug-likeness (QED) is 0.437. The molecule has 0 spiro atoms. The highest BCUT2D eigenvalue weighted by atomic mass is 16.2. The van der Waals surface area contributed by atoms with Gasteiger partial charge in [0.25, 0.3) is 5.91 Å². The Bertz CT molecular complexity index is 1410. The van der Waals surface area contributed by atoms with E-state index in [2.05, 4.69) is 32.4 Å². The number of urea groups is 1. The zero-order valence-corrected chi connectivity index (χ0v) is 17.5. The number of carbonyl (C=O) groups excluding carboxylic acids is 2. The molecule has 1 aromatic carbocycles. The van der Waals surface area contributed by atoms with E-state index in [0.717, 1.165) is 16.7 Å². The second-order valence-electron chi connectivity index (χ2n) is 7.20. The predicted octanol–water partition coefficient (Wildman–Crippen LogP) is 3.49. The Hall–Kier alpha value is -4.64. The molecule has 0 fully saturated rings. The molecule has 0 unspecified atom stereocenters. The van der Waals surface area contributed by atoms with Crippen LogP contribution >= 0.6 is 0 Å². The fourth-order valence-electron chi connectivity index (χ4n) is 3.16. The number of primary amides is 1. The van der Waals surface area contributed by atoms with Gasteiger partial charge in [-0.25, -0.2) is 14.8 Å². The van der Waals surface area contributed by atoms with Crippen LogP contribution in [0.15, 0.2) is 61.1 Å². The van der Waals surface area contributed by atoms with Gasteiger partial charge >= 0.3 is 6.03 Å². The summed E-state index contributed by atoms with van der Waals surface area (Å²) in [4.78, 5) is 32.4. The van der Waals surface area contributed by atoms with Gasteiger partial charge in [-0.05, 0) is 67.3 Å². The highest BCUT2D eigenvalue weighted by Gasteiger charge is 2.10. The fraction of sp³-hybridized carbons (Fsp3) is 0.0833. The zero-order chi connectivity index (χ0) is 22.7. The van der Waals surface area contributed by atoms with Gasteiger partial charge in [-0.15, -0.1) is 0 Å². The van der Waals surface area contributed by atoms with Crippen molar-refractivity contribution in [3.8, 4) is 11.8 Å². The van der Waals surface area contributed by atoms with Gasteiger partial charge in [0.1, 0.15) is 11.5 Å². The third-order valence-corrected chi connectivity index (χ3v) is 4.78. The van der Waals surface area contributed by atoms with E-state index in [4.69, 9.17) is 5.73 Å². The van der Waals surface area contributed by atoms with E-state index in [0.29, 0.717) is 28.4 Å². The Morgan fingerprint density at radius 1 is 1.03 bits per heavy atom.